The van der Waals surface area contributed by atoms with E-state index in [1.807, 2.05) is 6.92 Å². The molecule has 0 saturated heterocycles. The Bertz CT molecular complexity index is 600. The lowest BCUT2D eigenvalue weighted by molar-refractivity contribution is -0.109. The van der Waals surface area contributed by atoms with Crippen LogP contribution in [0.1, 0.15) is 12.5 Å². The van der Waals surface area contributed by atoms with E-state index in [0.717, 1.165) is 17.3 Å². The molecule has 0 atom stereocenters. The molecule has 5 nitrogen and oxygen atoms in total. The van der Waals surface area contributed by atoms with Crippen LogP contribution < -0.4 is 0 Å². The highest BCUT2D eigenvalue weighted by Crippen LogP contribution is 2.16. The molecule has 7 heteroatoms. The molecule has 18 heavy (non-hydrogen) atoms. The molecular formula is C11H12N2O3S2. The Labute approximate surface area is 110 Å². The van der Waals surface area contributed by atoms with Gasteiger partial charge in [0, 0.05) is 0 Å². The highest BCUT2D eigenvalue weighted by molar-refractivity contribution is 8.21. The van der Waals surface area contributed by atoms with Crippen molar-refractivity contribution in [3.05, 3.63) is 35.4 Å². The van der Waals surface area contributed by atoms with E-state index >= 15 is 0 Å². The topological polar surface area (TPSA) is 87.6 Å². The molecule has 0 bridgehead atoms. The fourth-order valence-electron chi connectivity index (χ4n) is 1.23. The lowest BCUT2D eigenvalue weighted by atomic mass is 10.2. The average Bonchev–Trinajstić information content (AvgIpc) is 2.30. The Morgan fingerprint density at radius 2 is 1.89 bits per heavy atom. The van der Waals surface area contributed by atoms with E-state index in [9.17, 15) is 13.2 Å². The average molecular weight is 284 g/mol. The zero-order valence-electron chi connectivity index (χ0n) is 9.95. The fourth-order valence-corrected chi connectivity index (χ4v) is 3.20. The Morgan fingerprint density at radius 1 is 1.33 bits per heavy atom. The second-order valence-corrected chi connectivity index (χ2v) is 6.54. The van der Waals surface area contributed by atoms with Gasteiger partial charge in [0.15, 0.2) is 0 Å². The number of benzene rings is 1. The zero-order chi connectivity index (χ0) is 13.8. The highest BCUT2D eigenvalue weighted by atomic mass is 32.2. The molecule has 0 fully saturated rings. The minimum atomic E-state index is -4.06. The largest absolute Gasteiger partial charge is 0.462 e. The van der Waals surface area contributed by atoms with Gasteiger partial charge in [-0.2, -0.15) is 0 Å². The molecule has 0 spiro atoms. The van der Waals surface area contributed by atoms with Gasteiger partial charge in [0.25, 0.3) is 9.84 Å². The molecule has 0 heterocycles. The number of carbonyl (C=O) groups excluding carboxylic acids is 1. The molecular weight excluding hydrogens is 272 g/mol. The third-order valence-corrected chi connectivity index (χ3v) is 4.67. The summed E-state index contributed by atoms with van der Waals surface area (Å²) in [6.07, 6.45) is 0. The van der Waals surface area contributed by atoms with Crippen LogP contribution >= 0.6 is 11.8 Å². The summed E-state index contributed by atoms with van der Waals surface area (Å²) in [6.45, 7) is 3.52. The Morgan fingerprint density at radius 3 is 2.33 bits per heavy atom. The summed E-state index contributed by atoms with van der Waals surface area (Å²) in [4.78, 5) is 14.1. The molecule has 96 valence electrons. The van der Waals surface area contributed by atoms with Crippen molar-refractivity contribution in [1.29, 1.82) is 0 Å². The lowest BCUT2D eigenvalue weighted by Crippen LogP contribution is -2.23. The van der Waals surface area contributed by atoms with Crippen molar-refractivity contribution in [3.63, 3.8) is 0 Å². The first-order valence-electron chi connectivity index (χ1n) is 5.14. The van der Waals surface area contributed by atoms with Crippen LogP contribution in [0.2, 0.25) is 0 Å². The molecule has 0 aliphatic heterocycles. The monoisotopic (exact) mass is 284 g/mol. The summed E-state index contributed by atoms with van der Waals surface area (Å²) in [7, 11) is -4.06. The first-order valence-corrected chi connectivity index (χ1v) is 7.61. The van der Waals surface area contributed by atoms with Crippen LogP contribution in [0.4, 0.5) is 0 Å². The van der Waals surface area contributed by atoms with Crippen molar-refractivity contribution in [3.8, 4) is 0 Å². The van der Waals surface area contributed by atoms with Crippen molar-refractivity contribution < 1.29 is 18.0 Å². The summed E-state index contributed by atoms with van der Waals surface area (Å²) in [5, 5.41) is -1.60. The number of sulfone groups is 1. The number of rotatable bonds is 2. The van der Waals surface area contributed by atoms with E-state index < -0.39 is 20.0 Å². The molecule has 0 aromatic heterocycles. The van der Waals surface area contributed by atoms with Crippen LogP contribution in [0.5, 0.6) is 0 Å². The van der Waals surface area contributed by atoms with Crippen molar-refractivity contribution in [2.24, 2.45) is 0 Å². The molecule has 0 unspecified atom stereocenters. The van der Waals surface area contributed by atoms with Crippen molar-refractivity contribution in [1.82, 2.24) is 0 Å². The number of nitrogens with zero attached hydrogens (tertiary/aromatic N) is 2. The number of thioether (sulfide) groups is 1. The molecule has 0 radical (unpaired) electrons. The predicted molar refractivity (Wildman–Crippen MR) is 70.1 cm³/mol. The van der Waals surface area contributed by atoms with Gasteiger partial charge in [-0.05, 0) is 24.8 Å². The predicted octanol–water partition coefficient (Wildman–Crippen LogP) is 1.68. The third kappa shape index (κ3) is 3.07. The summed E-state index contributed by atoms with van der Waals surface area (Å²) >= 11 is 0.780. The summed E-state index contributed by atoms with van der Waals surface area (Å²) in [6, 6.07) is 5.97. The fraction of sp³-hybridized carbons (Fsp3) is 0.273. The normalized spacial score (nSPS) is 10.8. The summed E-state index contributed by atoms with van der Waals surface area (Å²) in [5.41, 5.74) is 9.64. The van der Waals surface area contributed by atoms with Gasteiger partial charge in [0.1, 0.15) is 0 Å². The third-order valence-electron chi connectivity index (χ3n) is 2.13. The maximum Gasteiger partial charge on any atom is 0.462 e. The number of aryl methyl sites for hydroxylation is 1. The molecule has 0 aliphatic carbocycles. The van der Waals surface area contributed by atoms with Gasteiger partial charge in [0.2, 0.25) is 0 Å². The van der Waals surface area contributed by atoms with Crippen molar-refractivity contribution >= 4 is 31.8 Å². The van der Waals surface area contributed by atoms with E-state index in [2.05, 4.69) is 4.79 Å². The summed E-state index contributed by atoms with van der Waals surface area (Å²) in [5.74, 6) is 0.404. The van der Waals surface area contributed by atoms with Gasteiger partial charge in [-0.1, -0.05) is 36.4 Å². The molecule has 1 aromatic rings. The van der Waals surface area contributed by atoms with Gasteiger partial charge in [-0.25, -0.2) is 8.42 Å². The molecule has 0 N–H and O–H groups in total. The quantitative estimate of drug-likeness (QED) is 0.358. The second-order valence-electron chi connectivity index (χ2n) is 3.44. The van der Waals surface area contributed by atoms with Crippen LogP contribution in [-0.4, -0.2) is 29.1 Å². The van der Waals surface area contributed by atoms with Crippen molar-refractivity contribution in [2.75, 3.05) is 5.75 Å². The summed E-state index contributed by atoms with van der Waals surface area (Å²) < 4.78 is 24.1. The second kappa shape index (κ2) is 5.95. The Balaban J connectivity index is 3.25. The van der Waals surface area contributed by atoms with E-state index in [-0.39, 0.29) is 4.90 Å². The number of hydrogen-bond donors (Lipinski definition) is 0. The van der Waals surface area contributed by atoms with Crippen LogP contribution in [0.15, 0.2) is 29.2 Å². The van der Waals surface area contributed by atoms with Gasteiger partial charge < -0.3 is 5.53 Å². The highest BCUT2D eigenvalue weighted by Gasteiger charge is 2.37. The maximum atomic E-state index is 12.1. The van der Waals surface area contributed by atoms with Gasteiger partial charge in [-0.3, -0.25) is 4.79 Å². The molecule has 0 aliphatic rings. The van der Waals surface area contributed by atoms with Crippen LogP contribution in [0.3, 0.4) is 0 Å². The minimum Gasteiger partial charge on any atom is -0.360 e. The lowest BCUT2D eigenvalue weighted by Gasteiger charge is -1.99. The number of carbonyl (C=O) groups is 1. The van der Waals surface area contributed by atoms with Gasteiger partial charge in [0.05, 0.1) is 4.90 Å². The minimum absolute atomic E-state index is 0.0639. The van der Waals surface area contributed by atoms with E-state index in [4.69, 9.17) is 5.53 Å². The number of hydrogen-bond acceptors (Lipinski definition) is 4. The molecule has 0 saturated carbocycles. The first kappa shape index (κ1) is 14.6. The first-order chi connectivity index (χ1) is 8.43. The standard InChI is InChI=1S/C11H12N2O3S2/c1-3-17-11(14)10(13-12)18(15,16)9-6-4-8(2)5-7-9/h4-7H,3H2,1-2H3. The van der Waals surface area contributed by atoms with E-state index in [1.54, 1.807) is 19.1 Å². The van der Waals surface area contributed by atoms with Crippen molar-refractivity contribution in [2.45, 2.75) is 18.7 Å². The molecule has 0 amide bonds. The Kier molecular flexibility index (Phi) is 4.84. The van der Waals surface area contributed by atoms with E-state index in [0.29, 0.717) is 5.75 Å². The zero-order valence-corrected chi connectivity index (χ0v) is 11.6. The van der Waals surface area contributed by atoms with E-state index in [1.165, 1.54) is 12.1 Å². The Hall–Kier alpha value is -1.43. The maximum absolute atomic E-state index is 12.1. The van der Waals surface area contributed by atoms with Gasteiger partial charge >= 0.3 is 10.2 Å². The smallest absolute Gasteiger partial charge is 0.360 e. The SMILES string of the molecule is CCSC(=O)C(=[N+]=[N-])S(=O)(=O)c1ccc(C)cc1. The van der Waals surface area contributed by atoms with Crippen LogP contribution in [0.25, 0.3) is 5.53 Å². The molecule has 1 aromatic carbocycles. The van der Waals surface area contributed by atoms with Gasteiger partial charge in [-0.15, -0.1) is 4.79 Å². The van der Waals surface area contributed by atoms with Crippen LogP contribution in [-0.2, 0) is 14.6 Å². The molecule has 1 rings (SSSR count). The van der Waals surface area contributed by atoms with Crippen LogP contribution in [0, 0.1) is 6.92 Å².